The maximum Gasteiger partial charge on any atom is 0.306 e. The lowest BCUT2D eigenvalue weighted by atomic mass is 9.47. The first-order chi connectivity index (χ1) is 18.1. The fraction of sp³-hybridized carbons (Fsp3) is 0.848. The number of carbonyl (C=O) groups excluding carboxylic acids is 3. The lowest BCUT2D eigenvalue weighted by Gasteiger charge is -2.58. The molecule has 4 aliphatic carbocycles. The number of rotatable bonds is 11. The van der Waals surface area contributed by atoms with Crippen LogP contribution in [0.5, 0.6) is 0 Å². The molecular weight excluding hydrogens is 476 g/mol. The number of esters is 2. The summed E-state index contributed by atoms with van der Waals surface area (Å²) in [6.07, 6.45) is 16.6. The van der Waals surface area contributed by atoms with Gasteiger partial charge in [0.15, 0.2) is 6.29 Å². The lowest BCUT2D eigenvalue weighted by molar-refractivity contribution is -0.155. The Morgan fingerprint density at radius 3 is 2.50 bits per heavy atom. The molecule has 38 heavy (non-hydrogen) atoms. The predicted octanol–water partition coefficient (Wildman–Crippen LogP) is 7.46. The molecule has 0 bridgehead atoms. The molecule has 4 aliphatic rings. The summed E-state index contributed by atoms with van der Waals surface area (Å²) in [6, 6.07) is 0. The van der Waals surface area contributed by atoms with Gasteiger partial charge in [0.1, 0.15) is 12.7 Å². The van der Waals surface area contributed by atoms with E-state index in [9.17, 15) is 14.4 Å². The number of carbonyl (C=O) groups is 3. The molecule has 5 heteroatoms. The zero-order chi connectivity index (χ0) is 27.5. The van der Waals surface area contributed by atoms with Crippen LogP contribution in [0.25, 0.3) is 0 Å². The second kappa shape index (κ2) is 12.3. The van der Waals surface area contributed by atoms with Gasteiger partial charge < -0.3 is 9.47 Å². The van der Waals surface area contributed by atoms with E-state index in [1.54, 1.807) is 0 Å². The minimum atomic E-state index is -0.533. The molecule has 0 aliphatic heterocycles. The van der Waals surface area contributed by atoms with Crippen LogP contribution in [0.3, 0.4) is 0 Å². The Kier molecular flexibility index (Phi) is 9.46. The highest BCUT2D eigenvalue weighted by Crippen LogP contribution is 2.67. The Morgan fingerprint density at radius 1 is 1.00 bits per heavy atom. The normalized spacial score (nSPS) is 36.9. The summed E-state index contributed by atoms with van der Waals surface area (Å²) >= 11 is 0. The van der Waals surface area contributed by atoms with Gasteiger partial charge in [-0.05, 0) is 91.3 Å². The number of aldehydes is 1. The molecular formula is C33H52O5. The summed E-state index contributed by atoms with van der Waals surface area (Å²) in [5, 5.41) is 0. The Balaban J connectivity index is 1.35. The van der Waals surface area contributed by atoms with Crippen molar-refractivity contribution in [1.29, 1.82) is 0 Å². The van der Waals surface area contributed by atoms with E-state index in [2.05, 4.69) is 40.7 Å². The third kappa shape index (κ3) is 6.07. The Bertz CT molecular complexity index is 892. The van der Waals surface area contributed by atoms with E-state index in [4.69, 9.17) is 9.47 Å². The quantitative estimate of drug-likeness (QED) is 0.158. The summed E-state index contributed by atoms with van der Waals surface area (Å²) in [5.41, 5.74) is 2.24. The van der Waals surface area contributed by atoms with E-state index in [1.807, 2.05) is 0 Å². The average molecular weight is 529 g/mol. The topological polar surface area (TPSA) is 69.7 Å². The standard InChI is InChI=1S/C33H52O5/c1-22(2)7-6-8-23(3)27-11-12-28-26-10-9-24-21-25(38-31(36)14-13-30(35)37-20-19-34)15-17-32(24,4)29(26)16-18-33(27,28)5/h9,19,22-23,25-29H,6-8,10-18,20-21H2,1-5H3. The van der Waals surface area contributed by atoms with Crippen molar-refractivity contribution in [2.75, 3.05) is 6.61 Å². The van der Waals surface area contributed by atoms with Crippen molar-refractivity contribution in [3.63, 3.8) is 0 Å². The van der Waals surface area contributed by atoms with Crippen molar-refractivity contribution >= 4 is 18.2 Å². The van der Waals surface area contributed by atoms with E-state index in [-0.39, 0.29) is 36.9 Å². The first kappa shape index (κ1) is 29.3. The van der Waals surface area contributed by atoms with Gasteiger partial charge in [0.2, 0.25) is 0 Å². The van der Waals surface area contributed by atoms with Crippen molar-refractivity contribution in [3.8, 4) is 0 Å². The molecule has 4 rings (SSSR count). The second-order valence-electron chi connectivity index (χ2n) is 14.0. The van der Waals surface area contributed by atoms with E-state index >= 15 is 0 Å². The molecule has 8 atom stereocenters. The van der Waals surface area contributed by atoms with E-state index in [1.165, 1.54) is 56.9 Å². The van der Waals surface area contributed by atoms with Crippen molar-refractivity contribution in [3.05, 3.63) is 11.6 Å². The number of hydrogen-bond donors (Lipinski definition) is 0. The molecule has 3 fully saturated rings. The van der Waals surface area contributed by atoms with Crippen LogP contribution in [0, 0.1) is 46.3 Å². The summed E-state index contributed by atoms with van der Waals surface area (Å²) in [4.78, 5) is 34.3. The zero-order valence-corrected chi connectivity index (χ0v) is 24.6. The van der Waals surface area contributed by atoms with Crippen LogP contribution in [-0.4, -0.2) is 30.9 Å². The molecule has 3 saturated carbocycles. The van der Waals surface area contributed by atoms with Gasteiger partial charge in [-0.2, -0.15) is 0 Å². The highest BCUT2D eigenvalue weighted by molar-refractivity contribution is 5.78. The van der Waals surface area contributed by atoms with Crippen molar-refractivity contribution in [2.24, 2.45) is 46.3 Å². The van der Waals surface area contributed by atoms with Gasteiger partial charge >= 0.3 is 11.9 Å². The zero-order valence-electron chi connectivity index (χ0n) is 24.6. The van der Waals surface area contributed by atoms with Crippen molar-refractivity contribution in [1.82, 2.24) is 0 Å². The van der Waals surface area contributed by atoms with Crippen LogP contribution in [0.2, 0.25) is 0 Å². The van der Waals surface area contributed by atoms with Gasteiger partial charge in [-0.15, -0.1) is 0 Å². The monoisotopic (exact) mass is 528 g/mol. The Hall–Kier alpha value is -1.65. The average Bonchev–Trinajstić information content (AvgIpc) is 3.23. The van der Waals surface area contributed by atoms with Crippen LogP contribution >= 0.6 is 0 Å². The molecule has 8 unspecified atom stereocenters. The first-order valence-corrected chi connectivity index (χ1v) is 15.6. The molecule has 0 amide bonds. The molecule has 5 nitrogen and oxygen atoms in total. The maximum atomic E-state index is 12.4. The first-order valence-electron chi connectivity index (χ1n) is 15.6. The number of ether oxygens (including phenoxy) is 2. The fourth-order valence-electron chi connectivity index (χ4n) is 9.40. The maximum absolute atomic E-state index is 12.4. The molecule has 0 saturated heterocycles. The molecule has 0 aromatic heterocycles. The Morgan fingerprint density at radius 2 is 1.76 bits per heavy atom. The largest absolute Gasteiger partial charge is 0.462 e. The van der Waals surface area contributed by atoms with Gasteiger partial charge in [0, 0.05) is 6.42 Å². The third-order valence-corrected chi connectivity index (χ3v) is 11.4. The Labute approximate surface area is 230 Å². The van der Waals surface area contributed by atoms with Gasteiger partial charge in [-0.25, -0.2) is 0 Å². The minimum Gasteiger partial charge on any atom is -0.462 e. The highest BCUT2D eigenvalue weighted by atomic mass is 16.5. The smallest absolute Gasteiger partial charge is 0.306 e. The van der Waals surface area contributed by atoms with Gasteiger partial charge in [0.25, 0.3) is 0 Å². The molecule has 0 radical (unpaired) electrons. The summed E-state index contributed by atoms with van der Waals surface area (Å²) < 4.78 is 10.5. The summed E-state index contributed by atoms with van der Waals surface area (Å²) in [5.74, 6) is 4.05. The van der Waals surface area contributed by atoms with Gasteiger partial charge in [-0.3, -0.25) is 14.4 Å². The van der Waals surface area contributed by atoms with Crippen LogP contribution in [-0.2, 0) is 23.9 Å². The molecule has 0 aromatic carbocycles. The summed E-state index contributed by atoms with van der Waals surface area (Å²) in [6.45, 7) is 12.1. The second-order valence-corrected chi connectivity index (χ2v) is 14.0. The number of hydrogen-bond acceptors (Lipinski definition) is 5. The predicted molar refractivity (Wildman–Crippen MR) is 149 cm³/mol. The van der Waals surface area contributed by atoms with Crippen LogP contribution in [0.15, 0.2) is 11.6 Å². The van der Waals surface area contributed by atoms with Gasteiger partial charge in [0.05, 0.1) is 12.8 Å². The fourth-order valence-corrected chi connectivity index (χ4v) is 9.40. The SMILES string of the molecule is CC(C)CCCC(C)C1CCC2C3CC=C4CC(OC(=O)CCC(=O)OCC=O)CCC4(C)C3CCC12C. The molecule has 214 valence electrons. The number of fused-ring (bicyclic) bond motifs is 5. The van der Waals surface area contributed by atoms with E-state index < -0.39 is 5.97 Å². The minimum absolute atomic E-state index is 0.00648. The van der Waals surface area contributed by atoms with Gasteiger partial charge in [-0.1, -0.05) is 65.5 Å². The van der Waals surface area contributed by atoms with Crippen LogP contribution in [0.1, 0.15) is 118 Å². The van der Waals surface area contributed by atoms with Crippen molar-refractivity contribution in [2.45, 2.75) is 124 Å². The van der Waals surface area contributed by atoms with E-state index in [0.29, 0.717) is 11.7 Å². The van der Waals surface area contributed by atoms with E-state index in [0.717, 1.165) is 54.8 Å². The molecule has 0 N–H and O–H groups in total. The highest BCUT2D eigenvalue weighted by Gasteiger charge is 2.59. The molecule has 0 aromatic rings. The lowest BCUT2D eigenvalue weighted by Crippen LogP contribution is -2.51. The van der Waals surface area contributed by atoms with Crippen LogP contribution < -0.4 is 0 Å². The van der Waals surface area contributed by atoms with Crippen LogP contribution in [0.4, 0.5) is 0 Å². The number of allylic oxidation sites excluding steroid dienone is 1. The molecule has 0 spiro atoms. The van der Waals surface area contributed by atoms with Crippen molar-refractivity contribution < 1.29 is 23.9 Å². The summed E-state index contributed by atoms with van der Waals surface area (Å²) in [7, 11) is 0. The molecule has 0 heterocycles. The third-order valence-electron chi connectivity index (χ3n) is 11.4.